The van der Waals surface area contributed by atoms with Crippen LogP contribution in [0.1, 0.15) is 18.1 Å². The fourth-order valence-electron chi connectivity index (χ4n) is 3.90. The van der Waals surface area contributed by atoms with Crippen molar-refractivity contribution >= 4 is 45.6 Å². The van der Waals surface area contributed by atoms with Gasteiger partial charge in [0.25, 0.3) is 0 Å². The highest BCUT2D eigenvalue weighted by atomic mass is 127. The zero-order valence-electron chi connectivity index (χ0n) is 17.6. The molecule has 0 aromatic heterocycles. The van der Waals surface area contributed by atoms with E-state index in [4.69, 9.17) is 4.74 Å². The van der Waals surface area contributed by atoms with Crippen LogP contribution in [0.25, 0.3) is 0 Å². The molecule has 2 aliphatic rings. The third-order valence-electron chi connectivity index (χ3n) is 5.34. The van der Waals surface area contributed by atoms with Crippen LogP contribution < -0.4 is 19.7 Å². The van der Waals surface area contributed by atoms with Gasteiger partial charge in [-0.2, -0.15) is 0 Å². The minimum Gasteiger partial charge on any atom is -0.488 e. The van der Waals surface area contributed by atoms with Crippen LogP contribution in [-0.2, 0) is 22.9 Å². The maximum atomic E-state index is 12.8. The summed E-state index contributed by atoms with van der Waals surface area (Å²) in [6, 6.07) is 15.7. The van der Waals surface area contributed by atoms with Gasteiger partial charge in [-0.15, -0.1) is 24.0 Å². The normalized spacial score (nSPS) is 17.4. The van der Waals surface area contributed by atoms with Crippen molar-refractivity contribution in [2.24, 2.45) is 4.99 Å². The number of fused-ring (bicyclic) bond motifs is 2. The average molecular weight is 556 g/mol. The molecule has 7 nitrogen and oxygen atoms in total. The fourth-order valence-corrected chi connectivity index (χ4v) is 5.32. The SMILES string of the molecule is CCNC(=NCC1Cc2ccccc2O1)NCCS(=O)(=O)N1CCc2ccccc21.I. The number of hydrogen-bond acceptors (Lipinski definition) is 4. The second-order valence-electron chi connectivity index (χ2n) is 7.46. The Hall–Kier alpha value is -2.01. The molecule has 4 rings (SSSR count). The van der Waals surface area contributed by atoms with Crippen LogP contribution in [-0.4, -0.2) is 52.4 Å². The number of nitrogens with zero attached hydrogens (tertiary/aromatic N) is 2. The van der Waals surface area contributed by atoms with E-state index in [1.807, 2.05) is 49.4 Å². The summed E-state index contributed by atoms with van der Waals surface area (Å²) in [4.78, 5) is 4.59. The minimum atomic E-state index is -3.39. The van der Waals surface area contributed by atoms with E-state index in [2.05, 4.69) is 21.7 Å². The Morgan fingerprint density at radius 3 is 2.65 bits per heavy atom. The topological polar surface area (TPSA) is 83.0 Å². The molecule has 2 N–H and O–H groups in total. The lowest BCUT2D eigenvalue weighted by Crippen LogP contribution is -2.42. The Morgan fingerprint density at radius 1 is 1.13 bits per heavy atom. The van der Waals surface area contributed by atoms with E-state index < -0.39 is 10.0 Å². The van der Waals surface area contributed by atoms with Crippen molar-refractivity contribution < 1.29 is 13.2 Å². The van der Waals surface area contributed by atoms with E-state index >= 15 is 0 Å². The van der Waals surface area contributed by atoms with Crippen molar-refractivity contribution in [1.29, 1.82) is 0 Å². The molecule has 2 aromatic rings. The molecule has 0 saturated carbocycles. The Bertz CT molecular complexity index is 1000. The Labute approximate surface area is 201 Å². The van der Waals surface area contributed by atoms with Crippen LogP contribution in [0, 0.1) is 0 Å². The van der Waals surface area contributed by atoms with E-state index in [0.717, 1.165) is 29.8 Å². The monoisotopic (exact) mass is 556 g/mol. The van der Waals surface area contributed by atoms with Gasteiger partial charge in [0.15, 0.2) is 5.96 Å². The largest absolute Gasteiger partial charge is 0.488 e. The molecule has 0 bridgehead atoms. The molecule has 0 fully saturated rings. The molecule has 2 heterocycles. The molecule has 31 heavy (non-hydrogen) atoms. The first kappa shape index (κ1) is 23.6. The molecule has 168 valence electrons. The van der Waals surface area contributed by atoms with Gasteiger partial charge in [-0.1, -0.05) is 36.4 Å². The average Bonchev–Trinajstić information content (AvgIpc) is 3.36. The van der Waals surface area contributed by atoms with E-state index in [9.17, 15) is 8.42 Å². The van der Waals surface area contributed by atoms with Gasteiger partial charge in [0, 0.05) is 26.1 Å². The lowest BCUT2D eigenvalue weighted by molar-refractivity contribution is 0.241. The number of anilines is 1. The predicted molar refractivity (Wildman–Crippen MR) is 135 cm³/mol. The summed E-state index contributed by atoms with van der Waals surface area (Å²) in [5.74, 6) is 1.54. The molecule has 0 aliphatic carbocycles. The summed E-state index contributed by atoms with van der Waals surface area (Å²) in [6.45, 7) is 3.99. The summed E-state index contributed by atoms with van der Waals surface area (Å²) in [5, 5.41) is 6.32. The van der Waals surface area contributed by atoms with Crippen molar-refractivity contribution in [3.63, 3.8) is 0 Å². The molecule has 2 aromatic carbocycles. The highest BCUT2D eigenvalue weighted by molar-refractivity contribution is 14.0. The number of rotatable bonds is 7. The zero-order valence-corrected chi connectivity index (χ0v) is 20.7. The van der Waals surface area contributed by atoms with Crippen molar-refractivity contribution in [1.82, 2.24) is 10.6 Å². The van der Waals surface area contributed by atoms with Gasteiger partial charge in [-0.25, -0.2) is 13.4 Å². The van der Waals surface area contributed by atoms with Crippen LogP contribution in [0.15, 0.2) is 53.5 Å². The maximum Gasteiger partial charge on any atom is 0.236 e. The molecule has 0 saturated heterocycles. The number of guanidine groups is 1. The summed E-state index contributed by atoms with van der Waals surface area (Å²) in [5.41, 5.74) is 3.09. The summed E-state index contributed by atoms with van der Waals surface area (Å²) >= 11 is 0. The van der Waals surface area contributed by atoms with Gasteiger partial charge in [0.1, 0.15) is 11.9 Å². The number of ether oxygens (including phenoxy) is 1. The molecule has 2 aliphatic heterocycles. The van der Waals surface area contributed by atoms with Crippen molar-refractivity contribution in [3.8, 4) is 5.75 Å². The molecule has 0 radical (unpaired) electrons. The van der Waals surface area contributed by atoms with Crippen LogP contribution >= 0.6 is 24.0 Å². The Balaban J connectivity index is 0.00000272. The number of aliphatic imine (C=N–C) groups is 1. The van der Waals surface area contributed by atoms with Crippen LogP contribution in [0.3, 0.4) is 0 Å². The first-order valence-electron chi connectivity index (χ1n) is 10.4. The van der Waals surface area contributed by atoms with Gasteiger partial charge in [-0.3, -0.25) is 4.31 Å². The lowest BCUT2D eigenvalue weighted by atomic mass is 10.1. The predicted octanol–water partition coefficient (Wildman–Crippen LogP) is 2.56. The van der Waals surface area contributed by atoms with E-state index in [1.54, 1.807) is 0 Å². The smallest absolute Gasteiger partial charge is 0.236 e. The summed E-state index contributed by atoms with van der Waals surface area (Å²) in [7, 11) is -3.39. The van der Waals surface area contributed by atoms with Gasteiger partial charge >= 0.3 is 0 Å². The lowest BCUT2D eigenvalue weighted by Gasteiger charge is -2.20. The summed E-state index contributed by atoms with van der Waals surface area (Å²) < 4.78 is 33.1. The second kappa shape index (κ2) is 10.5. The Kier molecular flexibility index (Phi) is 8.04. The third kappa shape index (κ3) is 5.62. The van der Waals surface area contributed by atoms with E-state index in [-0.39, 0.29) is 35.8 Å². The van der Waals surface area contributed by atoms with Gasteiger partial charge in [0.2, 0.25) is 10.0 Å². The van der Waals surface area contributed by atoms with Crippen molar-refractivity contribution in [2.45, 2.75) is 25.9 Å². The highest BCUT2D eigenvalue weighted by Gasteiger charge is 2.28. The van der Waals surface area contributed by atoms with Gasteiger partial charge < -0.3 is 15.4 Å². The molecule has 1 unspecified atom stereocenters. The van der Waals surface area contributed by atoms with Gasteiger partial charge in [-0.05, 0) is 36.6 Å². The first-order valence-corrected chi connectivity index (χ1v) is 12.0. The number of para-hydroxylation sites is 2. The molecule has 1 atom stereocenters. The summed E-state index contributed by atoms with van der Waals surface area (Å²) in [6.07, 6.45) is 1.60. The molecule has 0 amide bonds. The number of nitrogens with one attached hydrogen (secondary N) is 2. The maximum absolute atomic E-state index is 12.8. The molecule has 9 heteroatoms. The van der Waals surface area contributed by atoms with Crippen molar-refractivity contribution in [3.05, 3.63) is 59.7 Å². The fraction of sp³-hybridized carbons (Fsp3) is 0.409. The molecular formula is C22H29IN4O3S. The van der Waals surface area contributed by atoms with Crippen molar-refractivity contribution in [2.75, 3.05) is 36.2 Å². The minimum absolute atomic E-state index is 0. The number of benzene rings is 2. The van der Waals surface area contributed by atoms with E-state index in [1.165, 1.54) is 9.87 Å². The Morgan fingerprint density at radius 2 is 1.87 bits per heavy atom. The zero-order chi connectivity index (χ0) is 21.0. The van der Waals surface area contributed by atoms with E-state index in [0.29, 0.717) is 32.1 Å². The van der Waals surface area contributed by atoms with Gasteiger partial charge in [0.05, 0.1) is 18.0 Å². The quantitative estimate of drug-likeness (QED) is 0.311. The molecule has 0 spiro atoms. The van der Waals surface area contributed by atoms with Crippen LogP contribution in [0.5, 0.6) is 5.75 Å². The number of sulfonamides is 1. The van der Waals surface area contributed by atoms with Crippen LogP contribution in [0.2, 0.25) is 0 Å². The standard InChI is InChI=1S/C22H28N4O3S.HI/c1-2-23-22(25-16-19-15-18-8-4-6-10-21(18)29-19)24-12-14-30(27,28)26-13-11-17-7-3-5-9-20(17)26;/h3-10,19H,2,11-16H2,1H3,(H2,23,24,25);1H. The van der Waals surface area contributed by atoms with Crippen LogP contribution in [0.4, 0.5) is 5.69 Å². The highest BCUT2D eigenvalue weighted by Crippen LogP contribution is 2.30. The number of halogens is 1. The second-order valence-corrected chi connectivity index (χ2v) is 9.48. The third-order valence-corrected chi connectivity index (χ3v) is 7.11. The number of hydrogen-bond donors (Lipinski definition) is 2. The first-order chi connectivity index (χ1) is 14.6. The molecular weight excluding hydrogens is 527 g/mol.